The molecule has 1 aliphatic heterocycles. The number of benzene rings is 5. The van der Waals surface area contributed by atoms with Crippen molar-refractivity contribution in [1.29, 1.82) is 15.8 Å². The van der Waals surface area contributed by atoms with E-state index in [4.69, 9.17) is 52.3 Å². The third-order valence-electron chi connectivity index (χ3n) is 12.6. The van der Waals surface area contributed by atoms with Crippen molar-refractivity contribution in [3.63, 3.8) is 0 Å². The largest absolute Gasteiger partial charge is 0.464 e. The predicted octanol–water partition coefficient (Wildman–Crippen LogP) is 5.94. The summed E-state index contributed by atoms with van der Waals surface area (Å²) in [6, 6.07) is 43.2. The Balaban J connectivity index is 0.000000199. The van der Waals surface area contributed by atoms with Gasteiger partial charge < -0.3 is 52.0 Å². The average molecular weight is 1320 g/mol. The lowest BCUT2D eigenvalue weighted by Gasteiger charge is -2.20. The summed E-state index contributed by atoms with van der Waals surface area (Å²) in [7, 11) is 4.32. The number of halogens is 1. The molecular formula is C59H61BrN14O15S. The van der Waals surface area contributed by atoms with E-state index in [0.29, 0.717) is 34.5 Å². The van der Waals surface area contributed by atoms with Gasteiger partial charge in [0.1, 0.15) is 30.9 Å². The first-order chi connectivity index (χ1) is 43.0. The number of aliphatic hydroxyl groups is 2. The number of hydrogen-bond acceptors (Lipinski definition) is 21. The number of carbonyl (C=O) groups excluding carboxylic acids is 5. The Kier molecular flexibility index (Phi) is 26.6. The summed E-state index contributed by atoms with van der Waals surface area (Å²) in [5.41, 5.74) is 8.53. The van der Waals surface area contributed by atoms with Crippen LogP contribution in [0.4, 0.5) is 0 Å². The van der Waals surface area contributed by atoms with Crippen LogP contribution in [0.3, 0.4) is 0 Å². The molecule has 0 bridgehead atoms. The average Bonchev–Trinajstić information content (AvgIpc) is 1.81. The Labute approximate surface area is 522 Å². The standard InChI is InChI=1S/C14H15N3O3.C12H11N3O3.C12H14N2O3.C10H9N3O.C9H8N2O.C2H2BrN.H2O4S/c1-3-19-14(18)12(20-9-8-15)13-16-10-6-4-5-7-11(10)17(13)2;1-15-8-5-3-2-4-7(8)13-11(15)10-12(17)14-9(16)6-18-10;1-3-17-12(16)10(15)11-13-8-6-4-5-7-9(8)14(11)2;1-13-8-5-3-2-4-7(8)12-10(13)9(14)6-11;1-11-8-5-3-2-4-7(8)10-9(11)6-12;3-1-2-4;1-5(2,3)4/h4-7,12H,3,9H2,1-2H3;2-5,10H,6H2,1H3,(H,14,16,17);4-7,10,15H,3H2,1-2H3;2-5,9,14H,1H3;2-6H,1H3;1H2;(H2,1,2,3,4). The smallest absolute Gasteiger partial charge is 0.394 e. The maximum atomic E-state index is 12.0. The van der Waals surface area contributed by atoms with E-state index < -0.39 is 58.6 Å². The summed E-state index contributed by atoms with van der Waals surface area (Å²) in [6.07, 6.45) is -3.56. The number of rotatable bonds is 11. The molecule has 0 saturated carbocycles. The summed E-state index contributed by atoms with van der Waals surface area (Å²) < 4.78 is 60.6. The molecule has 29 nitrogen and oxygen atoms in total. The van der Waals surface area contributed by atoms with E-state index in [1.165, 1.54) is 0 Å². The molecule has 0 radical (unpaired) electrons. The number of carbonyl (C=O) groups is 5. The molecule has 11 rings (SSSR count). The molecule has 1 saturated heterocycles. The van der Waals surface area contributed by atoms with Crippen molar-refractivity contribution in [2.75, 3.05) is 31.8 Å². The number of aryl methyl sites for hydroxylation is 5. The molecule has 5 aromatic heterocycles. The summed E-state index contributed by atoms with van der Waals surface area (Å²) in [5.74, 6) is -0.0256. The van der Waals surface area contributed by atoms with Crippen LogP contribution in [0, 0.1) is 34.0 Å². The van der Waals surface area contributed by atoms with Crippen molar-refractivity contribution in [1.82, 2.24) is 53.1 Å². The van der Waals surface area contributed by atoms with Crippen molar-refractivity contribution in [2.24, 2.45) is 35.2 Å². The highest BCUT2D eigenvalue weighted by Crippen LogP contribution is 2.26. The third kappa shape index (κ3) is 18.7. The zero-order chi connectivity index (χ0) is 66.2. The highest BCUT2D eigenvalue weighted by atomic mass is 79.9. The lowest BCUT2D eigenvalue weighted by Crippen LogP contribution is -2.44. The van der Waals surface area contributed by atoms with E-state index in [0.717, 1.165) is 61.5 Å². The molecular weight excluding hydrogens is 1260 g/mol. The molecule has 4 unspecified atom stereocenters. The van der Waals surface area contributed by atoms with Crippen LogP contribution in [-0.2, 0) is 83.8 Å². The molecule has 470 valence electrons. The van der Waals surface area contributed by atoms with Crippen molar-refractivity contribution in [3.8, 4) is 18.2 Å². The maximum Gasteiger partial charge on any atom is 0.394 e. The molecule has 6 heterocycles. The first-order valence-electron chi connectivity index (χ1n) is 26.7. The van der Waals surface area contributed by atoms with E-state index in [1.807, 2.05) is 148 Å². The number of para-hydroxylation sites is 10. The molecule has 0 aliphatic carbocycles. The van der Waals surface area contributed by atoms with Gasteiger partial charge >= 0.3 is 22.3 Å². The minimum Gasteiger partial charge on any atom is -0.464 e. The van der Waals surface area contributed by atoms with Crippen LogP contribution in [0.2, 0.25) is 0 Å². The Morgan fingerprint density at radius 2 is 1.03 bits per heavy atom. The lowest BCUT2D eigenvalue weighted by molar-refractivity contribution is -0.157. The monoisotopic (exact) mass is 1320 g/mol. The number of fused-ring (bicyclic) bond motifs is 5. The second-order valence-electron chi connectivity index (χ2n) is 18.3. The van der Waals surface area contributed by atoms with E-state index in [1.54, 1.807) is 63.9 Å². The van der Waals surface area contributed by atoms with Gasteiger partial charge in [-0.2, -0.15) is 24.2 Å². The molecule has 1 aliphatic rings. The molecule has 5 N–H and O–H groups in total. The molecule has 1 fully saturated rings. The Morgan fingerprint density at radius 1 is 0.644 bits per heavy atom. The predicted molar refractivity (Wildman–Crippen MR) is 327 cm³/mol. The number of aromatic nitrogens is 10. The molecule has 5 aromatic carbocycles. The summed E-state index contributed by atoms with van der Waals surface area (Å²) in [6.45, 7) is 3.56. The van der Waals surface area contributed by atoms with Gasteiger partial charge in [-0.3, -0.25) is 28.8 Å². The van der Waals surface area contributed by atoms with E-state index in [2.05, 4.69) is 46.2 Å². The SMILES string of the molecule is CCOC(=O)C(O)c1nc2ccccc2n1C.CCOC(=O)C(OCC#N)c1nc2ccccc2n1C.Cn1c(C(O)C#N)nc2ccccc21.Cn1c(C2OCC(=O)NC2=O)nc2ccccc21.Cn1c(C=O)nc2ccccc21.N#CCBr.O=S(=O)(O)O. The van der Waals surface area contributed by atoms with E-state index in [9.17, 15) is 34.2 Å². The topological polar surface area (TPSA) is 410 Å². The summed E-state index contributed by atoms with van der Waals surface area (Å²) in [5, 5.41) is 46.7. The minimum absolute atomic E-state index is 0.125. The molecule has 90 heavy (non-hydrogen) atoms. The van der Waals surface area contributed by atoms with Gasteiger partial charge in [-0.15, -0.1) is 0 Å². The maximum absolute atomic E-state index is 12.0. The van der Waals surface area contributed by atoms with Crippen LogP contribution in [0.25, 0.3) is 55.2 Å². The summed E-state index contributed by atoms with van der Waals surface area (Å²) in [4.78, 5) is 78.0. The Hall–Kier alpha value is -10.1. The number of nitrogens with zero attached hydrogens (tertiary/aromatic N) is 13. The van der Waals surface area contributed by atoms with Gasteiger partial charge in [-0.1, -0.05) is 76.6 Å². The number of aldehydes is 1. The van der Waals surface area contributed by atoms with Crippen molar-refractivity contribution in [2.45, 2.75) is 38.3 Å². The van der Waals surface area contributed by atoms with Gasteiger partial charge in [0.15, 0.2) is 36.0 Å². The first kappa shape index (κ1) is 70.6. The number of aliphatic hydroxyl groups excluding tert-OH is 2. The number of nitrogens with one attached hydrogen (secondary N) is 1. The fraction of sp³-hybridized carbons (Fsp3) is 0.271. The van der Waals surface area contributed by atoms with Crippen LogP contribution in [-0.4, -0.2) is 137 Å². The first-order valence-corrected chi connectivity index (χ1v) is 29.2. The van der Waals surface area contributed by atoms with Gasteiger partial charge in [0.05, 0.1) is 85.8 Å². The number of alkyl halides is 1. The zero-order valence-corrected chi connectivity index (χ0v) is 51.8. The zero-order valence-electron chi connectivity index (χ0n) is 49.3. The second kappa shape index (κ2) is 33.8. The number of morpholine rings is 1. The molecule has 31 heteroatoms. The van der Waals surface area contributed by atoms with E-state index in [-0.39, 0.29) is 26.4 Å². The molecule has 0 spiro atoms. The van der Waals surface area contributed by atoms with Crippen molar-refractivity contribution in [3.05, 3.63) is 150 Å². The van der Waals surface area contributed by atoms with Crippen LogP contribution in [0.1, 0.15) is 72.2 Å². The van der Waals surface area contributed by atoms with Crippen molar-refractivity contribution < 1.29 is 70.7 Å². The minimum atomic E-state index is -4.67. The Morgan fingerprint density at radius 3 is 1.43 bits per heavy atom. The van der Waals surface area contributed by atoms with Crippen molar-refractivity contribution >= 4 is 112 Å². The van der Waals surface area contributed by atoms with Crippen LogP contribution in [0.15, 0.2) is 121 Å². The second-order valence-corrected chi connectivity index (χ2v) is 19.8. The third-order valence-corrected chi connectivity index (χ3v) is 12.8. The molecule has 2 amide bonds. The van der Waals surface area contributed by atoms with Gasteiger partial charge in [0, 0.05) is 35.2 Å². The van der Waals surface area contributed by atoms with Gasteiger partial charge in [-0.25, -0.2) is 34.5 Å². The normalized spacial score (nSPS) is 13.3. The number of hydrogen-bond donors (Lipinski definition) is 5. The number of nitriles is 3. The number of esters is 2. The number of imide groups is 1. The van der Waals surface area contributed by atoms with Gasteiger partial charge in [0.2, 0.25) is 12.2 Å². The lowest BCUT2D eigenvalue weighted by atomic mass is 10.2. The molecule has 10 aromatic rings. The summed E-state index contributed by atoms with van der Waals surface area (Å²) >= 11 is 2.89. The van der Waals surface area contributed by atoms with Gasteiger partial charge in [-0.05, 0) is 74.5 Å². The fourth-order valence-electron chi connectivity index (χ4n) is 8.52. The number of imidazole rings is 5. The van der Waals surface area contributed by atoms with Crippen LogP contribution >= 0.6 is 15.9 Å². The highest BCUT2D eigenvalue weighted by molar-refractivity contribution is 9.09. The van der Waals surface area contributed by atoms with Crippen LogP contribution < -0.4 is 5.32 Å². The number of amides is 2. The fourth-order valence-corrected chi connectivity index (χ4v) is 8.52. The quantitative estimate of drug-likeness (QED) is 0.0249. The Bertz CT molecular complexity index is 4380. The van der Waals surface area contributed by atoms with Gasteiger partial charge in [0.25, 0.3) is 11.8 Å². The molecule has 4 atom stereocenters. The highest BCUT2D eigenvalue weighted by Gasteiger charge is 2.33. The van der Waals surface area contributed by atoms with Crippen LogP contribution in [0.5, 0.6) is 0 Å². The number of ether oxygens (including phenoxy) is 4. The van der Waals surface area contributed by atoms with E-state index >= 15 is 0 Å².